The van der Waals surface area contributed by atoms with E-state index in [1.807, 2.05) is 25.1 Å². The van der Waals surface area contributed by atoms with Crippen molar-refractivity contribution in [1.29, 1.82) is 0 Å². The van der Waals surface area contributed by atoms with Crippen LogP contribution in [0.15, 0.2) is 36.5 Å². The molecular weight excluding hydrogens is 275 g/mol. The van der Waals surface area contributed by atoms with Gasteiger partial charge in [0.15, 0.2) is 0 Å². The molecule has 20 heavy (non-hydrogen) atoms. The van der Waals surface area contributed by atoms with Crippen molar-refractivity contribution in [3.8, 4) is 11.8 Å². The van der Waals surface area contributed by atoms with E-state index in [1.165, 1.54) is 12.3 Å². The fourth-order valence-corrected chi connectivity index (χ4v) is 2.00. The van der Waals surface area contributed by atoms with Gasteiger partial charge in [0, 0.05) is 23.4 Å². The Labute approximate surface area is 122 Å². The number of benzene rings is 1. The number of nitrogens with two attached hydrogens (primary N) is 1. The Morgan fingerprint density at radius 3 is 2.70 bits per heavy atom. The minimum Gasteiger partial charge on any atom is -0.328 e. The minimum absolute atomic E-state index is 0.0910. The molecule has 2 nitrogen and oxygen atoms in total. The average Bonchev–Trinajstić information content (AvgIpc) is 2.39. The highest BCUT2D eigenvalue weighted by Gasteiger charge is 2.02. The third-order valence-corrected chi connectivity index (χ3v) is 2.97. The van der Waals surface area contributed by atoms with E-state index in [-0.39, 0.29) is 6.04 Å². The van der Waals surface area contributed by atoms with Crippen molar-refractivity contribution in [2.45, 2.75) is 19.4 Å². The lowest BCUT2D eigenvalue weighted by Gasteiger charge is -2.06. The zero-order chi connectivity index (χ0) is 14.5. The molecule has 0 saturated heterocycles. The van der Waals surface area contributed by atoms with Gasteiger partial charge < -0.3 is 5.73 Å². The fraction of sp³-hybridized carbons (Fsp3) is 0.188. The van der Waals surface area contributed by atoms with Crippen molar-refractivity contribution < 1.29 is 4.39 Å². The standard InChI is InChI=1S/C16H14ClFN2/c1-11(19)8-13-3-6-14(15(17)9-13)5-2-12-4-7-16(18)20-10-12/h3-4,6-7,9-11H,8,19H2,1H3. The topological polar surface area (TPSA) is 38.9 Å². The molecule has 0 bridgehead atoms. The number of hydrogen-bond acceptors (Lipinski definition) is 2. The molecule has 1 unspecified atom stereocenters. The van der Waals surface area contributed by atoms with Gasteiger partial charge in [0.25, 0.3) is 0 Å². The van der Waals surface area contributed by atoms with Crippen LogP contribution in [0.5, 0.6) is 0 Å². The monoisotopic (exact) mass is 288 g/mol. The second-order valence-corrected chi connectivity index (χ2v) is 5.02. The van der Waals surface area contributed by atoms with E-state index < -0.39 is 5.95 Å². The summed E-state index contributed by atoms with van der Waals surface area (Å²) >= 11 is 6.19. The molecule has 4 heteroatoms. The van der Waals surface area contributed by atoms with Gasteiger partial charge in [0.1, 0.15) is 0 Å². The molecular formula is C16H14ClFN2. The molecule has 0 radical (unpaired) electrons. The van der Waals surface area contributed by atoms with Crippen LogP contribution in [0.2, 0.25) is 5.02 Å². The van der Waals surface area contributed by atoms with E-state index >= 15 is 0 Å². The van der Waals surface area contributed by atoms with Gasteiger partial charge in [-0.15, -0.1) is 0 Å². The number of halogens is 2. The van der Waals surface area contributed by atoms with Gasteiger partial charge in [-0.1, -0.05) is 29.5 Å². The molecule has 1 atom stereocenters. The lowest BCUT2D eigenvalue weighted by molar-refractivity contribution is 0.583. The Morgan fingerprint density at radius 1 is 1.30 bits per heavy atom. The number of rotatable bonds is 2. The highest BCUT2D eigenvalue weighted by Crippen LogP contribution is 2.18. The second kappa shape index (κ2) is 6.51. The predicted octanol–water partition coefficient (Wildman–Crippen LogP) is 3.16. The van der Waals surface area contributed by atoms with Gasteiger partial charge in [-0.05, 0) is 43.2 Å². The van der Waals surface area contributed by atoms with E-state index in [1.54, 1.807) is 6.07 Å². The molecule has 0 amide bonds. The molecule has 0 aliphatic heterocycles. The van der Waals surface area contributed by atoms with E-state index in [0.717, 1.165) is 17.5 Å². The maximum atomic E-state index is 12.7. The van der Waals surface area contributed by atoms with Crippen molar-refractivity contribution in [3.05, 3.63) is 64.2 Å². The summed E-state index contributed by atoms with van der Waals surface area (Å²) in [6.45, 7) is 1.95. The first-order chi connectivity index (χ1) is 9.54. The van der Waals surface area contributed by atoms with Crippen LogP contribution in [0.3, 0.4) is 0 Å². The van der Waals surface area contributed by atoms with Gasteiger partial charge in [-0.3, -0.25) is 0 Å². The maximum Gasteiger partial charge on any atom is 0.212 e. The van der Waals surface area contributed by atoms with E-state index in [4.69, 9.17) is 17.3 Å². The lowest BCUT2D eigenvalue weighted by Crippen LogP contribution is -2.17. The molecule has 0 aliphatic rings. The van der Waals surface area contributed by atoms with Crippen molar-refractivity contribution in [2.75, 3.05) is 0 Å². The van der Waals surface area contributed by atoms with Crippen molar-refractivity contribution in [3.63, 3.8) is 0 Å². The van der Waals surface area contributed by atoms with E-state index in [9.17, 15) is 4.39 Å². The maximum absolute atomic E-state index is 12.7. The van der Waals surface area contributed by atoms with Crippen molar-refractivity contribution in [2.24, 2.45) is 5.73 Å². The molecule has 2 rings (SSSR count). The van der Waals surface area contributed by atoms with Crippen LogP contribution in [0.4, 0.5) is 4.39 Å². The van der Waals surface area contributed by atoms with Crippen LogP contribution in [0, 0.1) is 17.8 Å². The van der Waals surface area contributed by atoms with Crippen LogP contribution in [0.25, 0.3) is 0 Å². The van der Waals surface area contributed by atoms with Crippen LogP contribution < -0.4 is 5.73 Å². The lowest BCUT2D eigenvalue weighted by atomic mass is 10.1. The highest BCUT2D eigenvalue weighted by molar-refractivity contribution is 6.31. The Kier molecular flexibility index (Phi) is 4.73. The first kappa shape index (κ1) is 14.5. The molecule has 1 aromatic heterocycles. The van der Waals surface area contributed by atoms with Crippen molar-refractivity contribution in [1.82, 2.24) is 4.98 Å². The van der Waals surface area contributed by atoms with Crippen LogP contribution in [-0.2, 0) is 6.42 Å². The van der Waals surface area contributed by atoms with E-state index in [2.05, 4.69) is 16.8 Å². The molecule has 2 N–H and O–H groups in total. The first-order valence-corrected chi connectivity index (χ1v) is 6.60. The summed E-state index contributed by atoms with van der Waals surface area (Å²) < 4.78 is 12.7. The summed E-state index contributed by atoms with van der Waals surface area (Å²) in [5.74, 6) is 5.33. The molecule has 1 heterocycles. The zero-order valence-electron chi connectivity index (χ0n) is 11.0. The van der Waals surface area contributed by atoms with Gasteiger partial charge in [-0.25, -0.2) is 4.98 Å². The molecule has 0 fully saturated rings. The molecule has 0 aliphatic carbocycles. The summed E-state index contributed by atoms with van der Waals surface area (Å²) in [6, 6.07) is 8.64. The quantitative estimate of drug-likeness (QED) is 0.681. The Balaban J connectivity index is 2.20. The largest absolute Gasteiger partial charge is 0.328 e. The van der Waals surface area contributed by atoms with Crippen molar-refractivity contribution >= 4 is 11.6 Å². The summed E-state index contributed by atoms with van der Waals surface area (Å²) in [7, 11) is 0. The number of nitrogens with zero attached hydrogens (tertiary/aromatic N) is 1. The summed E-state index contributed by atoms with van der Waals surface area (Å²) in [6.07, 6.45) is 2.16. The van der Waals surface area contributed by atoms with Crippen LogP contribution in [0.1, 0.15) is 23.6 Å². The summed E-state index contributed by atoms with van der Waals surface area (Å²) in [5.41, 5.74) is 8.20. The molecule has 2 aromatic rings. The molecule has 0 spiro atoms. The third kappa shape index (κ3) is 4.06. The average molecular weight is 289 g/mol. The first-order valence-electron chi connectivity index (χ1n) is 6.22. The summed E-state index contributed by atoms with van der Waals surface area (Å²) in [5, 5.41) is 0.589. The smallest absolute Gasteiger partial charge is 0.212 e. The fourth-order valence-electron chi connectivity index (χ4n) is 1.75. The predicted molar refractivity (Wildman–Crippen MR) is 79.0 cm³/mol. The number of hydrogen-bond donors (Lipinski definition) is 1. The van der Waals surface area contributed by atoms with Gasteiger partial charge in [0.2, 0.25) is 5.95 Å². The summed E-state index contributed by atoms with van der Waals surface area (Å²) in [4.78, 5) is 3.54. The Bertz CT molecular complexity index is 654. The highest BCUT2D eigenvalue weighted by atomic mass is 35.5. The van der Waals surface area contributed by atoms with Gasteiger partial charge in [-0.2, -0.15) is 4.39 Å². The number of aromatic nitrogens is 1. The zero-order valence-corrected chi connectivity index (χ0v) is 11.8. The number of pyridine rings is 1. The third-order valence-electron chi connectivity index (χ3n) is 2.66. The minimum atomic E-state index is -0.520. The molecule has 1 aromatic carbocycles. The van der Waals surface area contributed by atoms with Crippen LogP contribution >= 0.6 is 11.6 Å². The Hall–Kier alpha value is -1.89. The normalized spacial score (nSPS) is 11.6. The van der Waals surface area contributed by atoms with Gasteiger partial charge >= 0.3 is 0 Å². The molecule has 0 saturated carbocycles. The second-order valence-electron chi connectivity index (χ2n) is 4.62. The SMILES string of the molecule is CC(N)Cc1ccc(C#Cc2ccc(F)nc2)c(Cl)c1. The van der Waals surface area contributed by atoms with Crippen LogP contribution in [-0.4, -0.2) is 11.0 Å². The van der Waals surface area contributed by atoms with E-state index in [0.29, 0.717) is 10.6 Å². The molecule has 102 valence electrons. The van der Waals surface area contributed by atoms with Gasteiger partial charge in [0.05, 0.1) is 5.02 Å². The Morgan fingerprint density at radius 2 is 2.10 bits per heavy atom.